The van der Waals surface area contributed by atoms with Gasteiger partial charge in [0, 0.05) is 31.4 Å². The van der Waals surface area contributed by atoms with Crippen molar-refractivity contribution in [1.29, 1.82) is 0 Å². The molecule has 228 valence electrons. The molecule has 3 saturated heterocycles. The lowest BCUT2D eigenvalue weighted by molar-refractivity contribution is -0.147. The maximum Gasteiger partial charge on any atom is 0.247 e. The number of benzene rings is 2. The summed E-state index contributed by atoms with van der Waals surface area (Å²) in [6, 6.07) is 18.2. The number of carbonyl (C=O) groups excluding carboxylic acids is 3. The van der Waals surface area contributed by atoms with E-state index in [1.54, 1.807) is 33.7 Å². The standard InChI is InChI=1S/C35H43N3O4S/c1-4-19-36(20-5-2)32(40)29-28-17-18-35(43-28)30(29)33(41)38(27(24-39)22-25-13-9-7-10-14-25)31(35)34(42)37(21-6-3)23-26-15-11-8-12-16-26/h4,6-16,27-31,39H,1,3,5,17-24H2,2H3/t27-,28+,29-,30+,31?,35?/m1/s1. The topological polar surface area (TPSA) is 81.2 Å². The number of hydrogen-bond donors (Lipinski definition) is 1. The monoisotopic (exact) mass is 601 g/mol. The molecule has 6 atom stereocenters. The molecule has 0 saturated carbocycles. The summed E-state index contributed by atoms with van der Waals surface area (Å²) in [7, 11) is 0. The third kappa shape index (κ3) is 5.79. The molecular weight excluding hydrogens is 558 g/mol. The zero-order chi connectivity index (χ0) is 30.6. The van der Waals surface area contributed by atoms with Crippen LogP contribution in [0.2, 0.25) is 0 Å². The van der Waals surface area contributed by atoms with Crippen LogP contribution in [0, 0.1) is 11.8 Å². The van der Waals surface area contributed by atoms with Crippen molar-refractivity contribution in [3.8, 4) is 0 Å². The van der Waals surface area contributed by atoms with E-state index in [4.69, 9.17) is 0 Å². The molecule has 5 rings (SSSR count). The van der Waals surface area contributed by atoms with Crippen molar-refractivity contribution < 1.29 is 19.5 Å². The van der Waals surface area contributed by atoms with E-state index in [1.165, 1.54) is 0 Å². The SMILES string of the molecule is C=CCN(Cc1ccccc1)C(=O)C1N([C@@H](CO)Cc2ccccc2)C(=O)[C@@H]2[C@H](C(=O)N(CC=C)CCC)[C@@H]3CCC12S3. The van der Waals surface area contributed by atoms with E-state index in [-0.39, 0.29) is 29.6 Å². The molecule has 1 spiro atoms. The van der Waals surface area contributed by atoms with Gasteiger partial charge in [-0.15, -0.1) is 24.9 Å². The summed E-state index contributed by atoms with van der Waals surface area (Å²) in [5, 5.41) is 10.7. The van der Waals surface area contributed by atoms with Gasteiger partial charge < -0.3 is 19.8 Å². The average Bonchev–Trinajstić information content (AvgIpc) is 3.67. The van der Waals surface area contributed by atoms with Crippen LogP contribution in [0.1, 0.15) is 37.3 Å². The smallest absolute Gasteiger partial charge is 0.247 e. The highest BCUT2D eigenvalue weighted by molar-refractivity contribution is 8.02. The maximum absolute atomic E-state index is 14.8. The van der Waals surface area contributed by atoms with Crippen LogP contribution in [0.4, 0.5) is 0 Å². The Labute approximate surface area is 259 Å². The Bertz CT molecular complexity index is 1320. The van der Waals surface area contributed by atoms with Gasteiger partial charge >= 0.3 is 0 Å². The maximum atomic E-state index is 14.8. The summed E-state index contributed by atoms with van der Waals surface area (Å²) in [6.45, 7) is 11.3. The molecule has 0 aromatic heterocycles. The zero-order valence-electron chi connectivity index (χ0n) is 25.0. The van der Waals surface area contributed by atoms with E-state index >= 15 is 0 Å². The fourth-order valence-corrected chi connectivity index (χ4v) is 9.67. The normalized spacial score (nSPS) is 26.2. The Hall–Kier alpha value is -3.36. The van der Waals surface area contributed by atoms with Gasteiger partial charge in [-0.2, -0.15) is 0 Å². The summed E-state index contributed by atoms with van der Waals surface area (Å²) >= 11 is 1.67. The highest BCUT2D eigenvalue weighted by Gasteiger charge is 2.74. The van der Waals surface area contributed by atoms with Crippen molar-refractivity contribution in [3.63, 3.8) is 0 Å². The first-order chi connectivity index (χ1) is 20.9. The Morgan fingerprint density at radius 3 is 2.26 bits per heavy atom. The third-order valence-electron chi connectivity index (χ3n) is 9.21. The molecule has 1 N–H and O–H groups in total. The zero-order valence-corrected chi connectivity index (χ0v) is 25.8. The number of aliphatic hydroxyl groups is 1. The summed E-state index contributed by atoms with van der Waals surface area (Å²) in [6.07, 6.45) is 6.13. The number of nitrogens with zero attached hydrogens (tertiary/aromatic N) is 3. The number of amides is 3. The van der Waals surface area contributed by atoms with Crippen LogP contribution in [-0.2, 0) is 27.3 Å². The highest BCUT2D eigenvalue weighted by atomic mass is 32.2. The fraction of sp³-hybridized carbons (Fsp3) is 0.457. The van der Waals surface area contributed by atoms with Crippen molar-refractivity contribution in [1.82, 2.24) is 14.7 Å². The molecule has 2 bridgehead atoms. The van der Waals surface area contributed by atoms with Gasteiger partial charge in [0.2, 0.25) is 17.7 Å². The van der Waals surface area contributed by atoms with Crippen LogP contribution in [0.3, 0.4) is 0 Å². The molecule has 2 unspecified atom stereocenters. The van der Waals surface area contributed by atoms with Crippen molar-refractivity contribution >= 4 is 29.5 Å². The van der Waals surface area contributed by atoms with Crippen LogP contribution < -0.4 is 0 Å². The molecule has 7 nitrogen and oxygen atoms in total. The van der Waals surface area contributed by atoms with E-state index in [9.17, 15) is 19.5 Å². The molecule has 43 heavy (non-hydrogen) atoms. The number of rotatable bonds is 14. The minimum Gasteiger partial charge on any atom is -0.394 e. The molecule has 2 aromatic rings. The van der Waals surface area contributed by atoms with E-state index in [2.05, 4.69) is 13.2 Å². The van der Waals surface area contributed by atoms with Gasteiger partial charge in [0.15, 0.2) is 0 Å². The molecule has 8 heteroatoms. The molecule has 3 amide bonds. The first kappa shape index (κ1) is 31.1. The second-order valence-electron chi connectivity index (χ2n) is 11.9. The number of fused-ring (bicyclic) bond motifs is 1. The number of aliphatic hydroxyl groups excluding tert-OH is 1. The Balaban J connectivity index is 1.57. The first-order valence-electron chi connectivity index (χ1n) is 15.4. The summed E-state index contributed by atoms with van der Waals surface area (Å²) in [5.41, 5.74) is 1.97. The molecule has 0 aliphatic carbocycles. The van der Waals surface area contributed by atoms with Gasteiger partial charge in [-0.05, 0) is 36.8 Å². The number of carbonyl (C=O) groups is 3. The van der Waals surface area contributed by atoms with Gasteiger partial charge in [-0.25, -0.2) is 0 Å². The largest absolute Gasteiger partial charge is 0.394 e. The lowest BCUT2D eigenvalue weighted by atomic mass is 9.70. The Morgan fingerprint density at radius 2 is 1.65 bits per heavy atom. The van der Waals surface area contributed by atoms with Crippen molar-refractivity contribution in [3.05, 3.63) is 97.1 Å². The van der Waals surface area contributed by atoms with Crippen molar-refractivity contribution in [2.24, 2.45) is 11.8 Å². The van der Waals surface area contributed by atoms with Crippen molar-refractivity contribution in [2.75, 3.05) is 26.2 Å². The molecular formula is C35H43N3O4S. The Kier molecular flexibility index (Phi) is 9.77. The first-order valence-corrected chi connectivity index (χ1v) is 16.3. The van der Waals surface area contributed by atoms with E-state index in [1.807, 2.05) is 72.5 Å². The van der Waals surface area contributed by atoms with Gasteiger partial charge in [0.05, 0.1) is 29.2 Å². The Morgan fingerprint density at radius 1 is 1.02 bits per heavy atom. The highest BCUT2D eigenvalue weighted by Crippen LogP contribution is 2.67. The molecule has 3 aliphatic rings. The average molecular weight is 602 g/mol. The molecule has 3 fully saturated rings. The predicted octanol–water partition coefficient (Wildman–Crippen LogP) is 4.32. The van der Waals surface area contributed by atoms with Gasteiger partial charge in [0.1, 0.15) is 6.04 Å². The van der Waals surface area contributed by atoms with Crippen LogP contribution in [0.15, 0.2) is 86.0 Å². The van der Waals surface area contributed by atoms with E-state index in [0.29, 0.717) is 39.0 Å². The van der Waals surface area contributed by atoms with E-state index in [0.717, 1.165) is 24.0 Å². The third-order valence-corrected chi connectivity index (χ3v) is 11.2. The lowest BCUT2D eigenvalue weighted by Gasteiger charge is -2.39. The van der Waals surface area contributed by atoms with Crippen LogP contribution in [0.5, 0.6) is 0 Å². The minimum atomic E-state index is -0.790. The van der Waals surface area contributed by atoms with Gasteiger partial charge in [-0.1, -0.05) is 79.7 Å². The molecule has 3 heterocycles. The predicted molar refractivity (Wildman–Crippen MR) is 171 cm³/mol. The van der Waals surface area contributed by atoms with Gasteiger partial charge in [0.25, 0.3) is 0 Å². The van der Waals surface area contributed by atoms with Crippen LogP contribution in [-0.4, -0.2) is 85.8 Å². The van der Waals surface area contributed by atoms with Gasteiger partial charge in [-0.3, -0.25) is 14.4 Å². The lowest BCUT2D eigenvalue weighted by Crippen LogP contribution is -2.57. The fourth-order valence-electron chi connectivity index (χ4n) is 7.48. The summed E-state index contributed by atoms with van der Waals surface area (Å²) in [4.78, 5) is 48.9. The number of thioether (sulfide) groups is 1. The second-order valence-corrected chi connectivity index (χ2v) is 13.5. The van der Waals surface area contributed by atoms with Crippen molar-refractivity contribution in [2.45, 2.75) is 61.2 Å². The molecule has 2 aromatic carbocycles. The molecule has 0 radical (unpaired) electrons. The second kappa shape index (κ2) is 13.5. The summed E-state index contributed by atoms with van der Waals surface area (Å²) in [5.74, 6) is -1.48. The summed E-state index contributed by atoms with van der Waals surface area (Å²) < 4.78 is -0.731. The minimum absolute atomic E-state index is 0.0215. The van der Waals surface area contributed by atoms with E-state index < -0.39 is 28.7 Å². The van der Waals surface area contributed by atoms with Crippen LogP contribution >= 0.6 is 11.8 Å². The number of hydrogen-bond acceptors (Lipinski definition) is 5. The quantitative estimate of drug-likeness (QED) is 0.327. The van der Waals surface area contributed by atoms with Crippen LogP contribution in [0.25, 0.3) is 0 Å². The molecule has 3 aliphatic heterocycles. The number of likely N-dealkylation sites (tertiary alicyclic amines) is 1.